The minimum absolute atomic E-state index is 0.271. The molecule has 0 heterocycles. The number of nitrogens with two attached hydrogens (primary N) is 1. The average molecular weight is 254 g/mol. The zero-order chi connectivity index (χ0) is 10.5. The lowest BCUT2D eigenvalue weighted by atomic mass is 10.0. The molecule has 14 heavy (non-hydrogen) atoms. The SMILES string of the molecule is Cc1cc(Br)cc([C@@H]2[C@@H](N)C2(C)C)c1. The summed E-state index contributed by atoms with van der Waals surface area (Å²) < 4.78 is 1.16. The first kappa shape index (κ1) is 10.2. The largest absolute Gasteiger partial charge is 0.327 e. The molecule has 0 spiro atoms. The van der Waals surface area contributed by atoms with E-state index in [-0.39, 0.29) is 5.41 Å². The van der Waals surface area contributed by atoms with Crippen LogP contribution in [-0.2, 0) is 0 Å². The molecule has 76 valence electrons. The summed E-state index contributed by atoms with van der Waals surface area (Å²) in [5.41, 5.74) is 9.00. The first-order valence-electron chi connectivity index (χ1n) is 4.95. The van der Waals surface area contributed by atoms with E-state index in [4.69, 9.17) is 5.73 Å². The van der Waals surface area contributed by atoms with Crippen molar-refractivity contribution >= 4 is 15.9 Å². The van der Waals surface area contributed by atoms with Crippen molar-refractivity contribution in [2.45, 2.75) is 32.7 Å². The van der Waals surface area contributed by atoms with Crippen LogP contribution in [0, 0.1) is 12.3 Å². The minimum Gasteiger partial charge on any atom is -0.327 e. The van der Waals surface area contributed by atoms with Gasteiger partial charge in [-0.3, -0.25) is 0 Å². The molecule has 2 rings (SSSR count). The van der Waals surface area contributed by atoms with E-state index in [2.05, 4.69) is 54.9 Å². The highest BCUT2D eigenvalue weighted by Crippen LogP contribution is 2.57. The molecule has 1 nitrogen and oxygen atoms in total. The van der Waals surface area contributed by atoms with E-state index in [1.807, 2.05) is 0 Å². The minimum atomic E-state index is 0.271. The summed E-state index contributed by atoms with van der Waals surface area (Å²) in [6, 6.07) is 6.87. The van der Waals surface area contributed by atoms with Crippen molar-refractivity contribution < 1.29 is 0 Å². The standard InChI is InChI=1S/C12H16BrN/c1-7-4-8(6-9(13)5-7)10-11(14)12(10,2)3/h4-6,10-11H,14H2,1-3H3/t10-,11-/m1/s1. The summed E-state index contributed by atoms with van der Waals surface area (Å²) in [7, 11) is 0. The maximum Gasteiger partial charge on any atom is 0.0180 e. The highest BCUT2D eigenvalue weighted by atomic mass is 79.9. The molecular formula is C12H16BrN. The Morgan fingerprint density at radius 2 is 1.86 bits per heavy atom. The maximum atomic E-state index is 6.06. The van der Waals surface area contributed by atoms with E-state index in [1.165, 1.54) is 11.1 Å². The Hall–Kier alpha value is -0.340. The lowest BCUT2D eigenvalue weighted by Gasteiger charge is -2.05. The van der Waals surface area contributed by atoms with Gasteiger partial charge in [-0.25, -0.2) is 0 Å². The van der Waals surface area contributed by atoms with Gasteiger partial charge in [-0.05, 0) is 35.6 Å². The van der Waals surface area contributed by atoms with Gasteiger partial charge in [0.2, 0.25) is 0 Å². The maximum absolute atomic E-state index is 6.06. The molecule has 1 aromatic carbocycles. The molecule has 0 bridgehead atoms. The van der Waals surface area contributed by atoms with Crippen molar-refractivity contribution in [1.82, 2.24) is 0 Å². The van der Waals surface area contributed by atoms with Crippen molar-refractivity contribution in [3.8, 4) is 0 Å². The van der Waals surface area contributed by atoms with Gasteiger partial charge >= 0.3 is 0 Å². The molecule has 2 N–H and O–H groups in total. The predicted octanol–water partition coefficient (Wildman–Crippen LogP) is 3.21. The second-order valence-corrected chi connectivity index (χ2v) is 5.80. The number of benzene rings is 1. The van der Waals surface area contributed by atoms with Crippen molar-refractivity contribution in [3.63, 3.8) is 0 Å². The van der Waals surface area contributed by atoms with E-state index < -0.39 is 0 Å². The normalized spacial score (nSPS) is 28.9. The molecule has 0 amide bonds. The molecular weight excluding hydrogens is 238 g/mol. The summed E-state index contributed by atoms with van der Waals surface area (Å²) in [6.07, 6.45) is 0. The number of halogens is 1. The van der Waals surface area contributed by atoms with Crippen LogP contribution in [-0.4, -0.2) is 6.04 Å². The zero-order valence-corrected chi connectivity index (χ0v) is 10.4. The number of rotatable bonds is 1. The van der Waals surface area contributed by atoms with Gasteiger partial charge in [0, 0.05) is 16.4 Å². The first-order chi connectivity index (χ1) is 6.43. The fraction of sp³-hybridized carbons (Fsp3) is 0.500. The monoisotopic (exact) mass is 253 g/mol. The molecule has 0 aliphatic heterocycles. The van der Waals surface area contributed by atoms with Crippen LogP contribution >= 0.6 is 15.9 Å². The van der Waals surface area contributed by atoms with Gasteiger partial charge in [0.15, 0.2) is 0 Å². The lowest BCUT2D eigenvalue weighted by molar-refractivity contribution is 0.599. The molecule has 0 aromatic heterocycles. The van der Waals surface area contributed by atoms with Crippen molar-refractivity contribution in [2.24, 2.45) is 11.1 Å². The second kappa shape index (κ2) is 3.07. The fourth-order valence-corrected chi connectivity index (χ4v) is 2.88. The van der Waals surface area contributed by atoms with E-state index in [0.717, 1.165) is 4.47 Å². The summed E-state index contributed by atoms with van der Waals surface area (Å²) in [6.45, 7) is 6.59. The molecule has 0 unspecified atom stereocenters. The molecule has 2 heteroatoms. The molecule has 1 aliphatic rings. The lowest BCUT2D eigenvalue weighted by Crippen LogP contribution is -2.06. The van der Waals surface area contributed by atoms with Crippen LogP contribution in [0.4, 0.5) is 0 Å². The number of hydrogen-bond donors (Lipinski definition) is 1. The summed E-state index contributed by atoms with van der Waals surface area (Å²) in [5, 5.41) is 0. The highest BCUT2D eigenvalue weighted by Gasteiger charge is 2.56. The third-order valence-electron chi connectivity index (χ3n) is 3.33. The Kier molecular flexibility index (Phi) is 2.24. The average Bonchev–Trinajstić information content (AvgIpc) is 2.48. The zero-order valence-electron chi connectivity index (χ0n) is 8.84. The third kappa shape index (κ3) is 1.51. The Labute approximate surface area is 93.8 Å². The molecule has 1 fully saturated rings. The topological polar surface area (TPSA) is 26.0 Å². The van der Waals surface area contributed by atoms with Gasteiger partial charge in [-0.15, -0.1) is 0 Å². The van der Waals surface area contributed by atoms with Gasteiger partial charge in [0.1, 0.15) is 0 Å². The molecule has 1 aromatic rings. The predicted molar refractivity (Wildman–Crippen MR) is 63.4 cm³/mol. The van der Waals surface area contributed by atoms with Crippen molar-refractivity contribution in [2.75, 3.05) is 0 Å². The number of hydrogen-bond acceptors (Lipinski definition) is 1. The first-order valence-corrected chi connectivity index (χ1v) is 5.75. The Bertz CT molecular complexity index is 350. The quantitative estimate of drug-likeness (QED) is 0.818. The van der Waals surface area contributed by atoms with Crippen molar-refractivity contribution in [1.29, 1.82) is 0 Å². The van der Waals surface area contributed by atoms with Crippen LogP contribution in [0.3, 0.4) is 0 Å². The number of aryl methyl sites for hydroxylation is 1. The van der Waals surface area contributed by atoms with E-state index >= 15 is 0 Å². The van der Waals surface area contributed by atoms with Gasteiger partial charge < -0.3 is 5.73 Å². The Balaban J connectivity index is 2.35. The van der Waals surface area contributed by atoms with Crippen LogP contribution in [0.15, 0.2) is 22.7 Å². The van der Waals surface area contributed by atoms with E-state index in [0.29, 0.717) is 12.0 Å². The van der Waals surface area contributed by atoms with Crippen LogP contribution < -0.4 is 5.73 Å². The van der Waals surface area contributed by atoms with E-state index in [9.17, 15) is 0 Å². The summed E-state index contributed by atoms with van der Waals surface area (Å²) in [4.78, 5) is 0. The Morgan fingerprint density at radius 3 is 2.29 bits per heavy atom. The fourth-order valence-electron chi connectivity index (χ4n) is 2.26. The van der Waals surface area contributed by atoms with E-state index in [1.54, 1.807) is 0 Å². The smallest absolute Gasteiger partial charge is 0.0180 e. The molecule has 2 atom stereocenters. The van der Waals surface area contributed by atoms with Crippen LogP contribution in [0.2, 0.25) is 0 Å². The molecule has 1 saturated carbocycles. The third-order valence-corrected chi connectivity index (χ3v) is 3.79. The Morgan fingerprint density at radius 1 is 1.29 bits per heavy atom. The van der Waals surface area contributed by atoms with Crippen LogP contribution in [0.25, 0.3) is 0 Å². The molecule has 0 saturated heterocycles. The van der Waals surface area contributed by atoms with Gasteiger partial charge in [0.25, 0.3) is 0 Å². The van der Waals surface area contributed by atoms with Crippen molar-refractivity contribution in [3.05, 3.63) is 33.8 Å². The van der Waals surface area contributed by atoms with Crippen LogP contribution in [0.1, 0.15) is 30.9 Å². The van der Waals surface area contributed by atoms with Gasteiger partial charge in [0.05, 0.1) is 0 Å². The molecule has 0 radical (unpaired) electrons. The molecule has 1 aliphatic carbocycles. The highest BCUT2D eigenvalue weighted by molar-refractivity contribution is 9.10. The summed E-state index contributed by atoms with van der Waals surface area (Å²) >= 11 is 3.53. The van der Waals surface area contributed by atoms with Crippen LogP contribution in [0.5, 0.6) is 0 Å². The van der Waals surface area contributed by atoms with Gasteiger partial charge in [-0.1, -0.05) is 35.8 Å². The summed E-state index contributed by atoms with van der Waals surface area (Å²) in [5.74, 6) is 0.527. The second-order valence-electron chi connectivity index (χ2n) is 4.89. The van der Waals surface area contributed by atoms with Gasteiger partial charge in [-0.2, -0.15) is 0 Å².